The lowest BCUT2D eigenvalue weighted by molar-refractivity contribution is 0.0672. The fraction of sp³-hybridized carbons (Fsp3) is 0.526. The number of nitrogens with zero attached hydrogens (tertiary/aromatic N) is 2. The summed E-state index contributed by atoms with van der Waals surface area (Å²) in [6, 6.07) is 3.35. The third kappa shape index (κ3) is 4.41. The fourth-order valence-corrected chi connectivity index (χ4v) is 3.72. The molecule has 10 heteroatoms. The van der Waals surface area contributed by atoms with Crippen LogP contribution >= 0.6 is 0 Å². The highest BCUT2D eigenvalue weighted by Crippen LogP contribution is 2.39. The number of carbonyl (C=O) groups is 1. The van der Waals surface area contributed by atoms with Crippen LogP contribution in [0.25, 0.3) is 0 Å². The van der Waals surface area contributed by atoms with Crippen molar-refractivity contribution < 1.29 is 23.0 Å². The molecule has 1 unspecified atom stereocenters. The molecule has 0 saturated heterocycles. The summed E-state index contributed by atoms with van der Waals surface area (Å²) >= 11 is 0. The number of ether oxygens (including phenoxy) is 2. The van der Waals surface area contributed by atoms with Gasteiger partial charge < -0.3 is 20.5 Å². The van der Waals surface area contributed by atoms with Crippen molar-refractivity contribution in [3.63, 3.8) is 0 Å². The van der Waals surface area contributed by atoms with Crippen molar-refractivity contribution >= 4 is 17.6 Å². The molecule has 8 nitrogen and oxygen atoms in total. The fourth-order valence-electron chi connectivity index (χ4n) is 3.72. The number of aromatic nitrogens is 3. The van der Waals surface area contributed by atoms with Gasteiger partial charge in [-0.05, 0) is 37.7 Å². The Morgan fingerprint density at radius 3 is 2.93 bits per heavy atom. The summed E-state index contributed by atoms with van der Waals surface area (Å²) in [4.78, 5) is 15.0. The second kappa shape index (κ2) is 8.22. The van der Waals surface area contributed by atoms with Crippen molar-refractivity contribution in [2.75, 3.05) is 11.9 Å². The van der Waals surface area contributed by atoms with E-state index in [-0.39, 0.29) is 24.4 Å². The highest BCUT2D eigenvalue weighted by Gasteiger charge is 2.40. The highest BCUT2D eigenvalue weighted by molar-refractivity contribution is 5.65. The van der Waals surface area contributed by atoms with Crippen LogP contribution in [0.1, 0.15) is 43.7 Å². The van der Waals surface area contributed by atoms with Crippen molar-refractivity contribution in [1.82, 2.24) is 15.2 Å². The third-order valence-corrected chi connectivity index (χ3v) is 5.53. The van der Waals surface area contributed by atoms with E-state index in [2.05, 4.69) is 20.5 Å². The SMILES string of the molecule is NC(=O)O[C@H]1CC(c2[nH]nc(Nc3ccnc(OCC4CCC4)c3)c2F)C[C@H]1F. The molecule has 1 amide bonds. The summed E-state index contributed by atoms with van der Waals surface area (Å²) in [7, 11) is 0. The second-order valence-corrected chi connectivity index (χ2v) is 7.58. The molecule has 29 heavy (non-hydrogen) atoms. The van der Waals surface area contributed by atoms with Gasteiger partial charge in [0, 0.05) is 23.9 Å². The first kappa shape index (κ1) is 19.4. The van der Waals surface area contributed by atoms with Gasteiger partial charge in [0.25, 0.3) is 0 Å². The van der Waals surface area contributed by atoms with E-state index in [1.165, 1.54) is 19.3 Å². The minimum absolute atomic E-state index is 0.00850. The number of hydrogen-bond acceptors (Lipinski definition) is 6. The zero-order valence-electron chi connectivity index (χ0n) is 15.7. The van der Waals surface area contributed by atoms with Gasteiger partial charge in [0.15, 0.2) is 11.6 Å². The minimum atomic E-state index is -1.40. The third-order valence-electron chi connectivity index (χ3n) is 5.53. The Hall–Kier alpha value is -2.91. The number of alkyl halides is 1. The first-order valence-electron chi connectivity index (χ1n) is 9.69. The first-order chi connectivity index (χ1) is 14.0. The Morgan fingerprint density at radius 2 is 2.21 bits per heavy atom. The molecule has 2 aliphatic carbocycles. The van der Waals surface area contributed by atoms with Crippen molar-refractivity contribution in [2.24, 2.45) is 11.7 Å². The van der Waals surface area contributed by atoms with Crippen molar-refractivity contribution in [3.8, 4) is 5.88 Å². The molecular weight excluding hydrogens is 384 g/mol. The maximum atomic E-state index is 14.8. The molecule has 0 radical (unpaired) electrons. The molecule has 2 aromatic heterocycles. The number of carbonyl (C=O) groups excluding carboxylic acids is 1. The van der Waals surface area contributed by atoms with E-state index in [4.69, 9.17) is 15.2 Å². The molecule has 2 fully saturated rings. The van der Waals surface area contributed by atoms with Gasteiger partial charge in [-0.2, -0.15) is 5.10 Å². The van der Waals surface area contributed by atoms with Crippen LogP contribution in [0.15, 0.2) is 18.3 Å². The quantitative estimate of drug-likeness (QED) is 0.647. The largest absolute Gasteiger partial charge is 0.477 e. The van der Waals surface area contributed by atoms with Crippen LogP contribution in [0.3, 0.4) is 0 Å². The van der Waals surface area contributed by atoms with E-state index in [0.717, 1.165) is 0 Å². The van der Waals surface area contributed by atoms with Crippen LogP contribution in [0.4, 0.5) is 25.1 Å². The van der Waals surface area contributed by atoms with E-state index >= 15 is 0 Å². The van der Waals surface area contributed by atoms with Crippen molar-refractivity contribution in [3.05, 3.63) is 29.8 Å². The standard InChI is InChI=1S/C19H23F2N5O3/c20-13-6-11(7-14(13)29-19(22)27)17-16(21)18(26-25-17)24-12-4-5-23-15(8-12)28-9-10-2-1-3-10/h4-5,8,10-11,13-14H,1-3,6-7,9H2,(H2,22,27)(H2,23,24,25,26)/t11?,13-,14+/m1/s1. The molecule has 2 aromatic rings. The normalized spacial score (nSPS) is 24.1. The van der Waals surface area contributed by atoms with Crippen LogP contribution in [0, 0.1) is 11.7 Å². The number of aromatic amines is 1. The molecule has 3 atom stereocenters. The average Bonchev–Trinajstić information content (AvgIpc) is 3.17. The number of amides is 1. The number of rotatable bonds is 7. The molecule has 4 N–H and O–H groups in total. The number of halogens is 2. The van der Waals surface area contributed by atoms with Gasteiger partial charge in [-0.25, -0.2) is 18.6 Å². The minimum Gasteiger partial charge on any atom is -0.477 e. The lowest BCUT2D eigenvalue weighted by Gasteiger charge is -2.24. The Labute approximate surface area is 166 Å². The molecule has 0 spiro atoms. The number of primary amides is 1. The van der Waals surface area contributed by atoms with E-state index in [1.54, 1.807) is 18.3 Å². The van der Waals surface area contributed by atoms with Crippen LogP contribution in [0.5, 0.6) is 5.88 Å². The molecule has 0 aromatic carbocycles. The number of hydrogen-bond donors (Lipinski definition) is 3. The van der Waals surface area contributed by atoms with Crippen LogP contribution in [-0.4, -0.2) is 40.2 Å². The predicted molar refractivity (Wildman–Crippen MR) is 100 cm³/mol. The first-order valence-corrected chi connectivity index (χ1v) is 9.69. The van der Waals surface area contributed by atoms with Crippen LogP contribution in [0.2, 0.25) is 0 Å². The van der Waals surface area contributed by atoms with Crippen molar-refractivity contribution in [2.45, 2.75) is 50.3 Å². The molecule has 0 bridgehead atoms. The summed E-state index contributed by atoms with van der Waals surface area (Å²) in [6.07, 6.45) is 1.89. The number of H-pyrrole nitrogens is 1. The monoisotopic (exact) mass is 407 g/mol. The Bertz CT molecular complexity index is 873. The summed E-state index contributed by atoms with van der Waals surface area (Å²) in [5.41, 5.74) is 5.69. The summed E-state index contributed by atoms with van der Waals surface area (Å²) < 4.78 is 39.3. The number of nitrogens with one attached hydrogen (secondary N) is 2. The second-order valence-electron chi connectivity index (χ2n) is 7.58. The van der Waals surface area contributed by atoms with E-state index < -0.39 is 30.1 Å². The number of anilines is 2. The molecule has 0 aliphatic heterocycles. The number of nitrogens with two attached hydrogens (primary N) is 1. The predicted octanol–water partition coefficient (Wildman–Crippen LogP) is 3.55. The van der Waals surface area contributed by atoms with Gasteiger partial charge in [0.05, 0.1) is 12.3 Å². The molecule has 2 saturated carbocycles. The maximum absolute atomic E-state index is 14.8. The van der Waals surface area contributed by atoms with Gasteiger partial charge in [-0.1, -0.05) is 6.42 Å². The van der Waals surface area contributed by atoms with Crippen LogP contribution in [-0.2, 0) is 4.74 Å². The van der Waals surface area contributed by atoms with Gasteiger partial charge in [-0.15, -0.1) is 0 Å². The Morgan fingerprint density at radius 1 is 1.38 bits per heavy atom. The Balaban J connectivity index is 1.40. The van der Waals surface area contributed by atoms with E-state index in [9.17, 15) is 13.6 Å². The van der Waals surface area contributed by atoms with Gasteiger partial charge in [0.2, 0.25) is 5.88 Å². The zero-order valence-corrected chi connectivity index (χ0v) is 15.7. The smallest absolute Gasteiger partial charge is 0.404 e. The lowest BCUT2D eigenvalue weighted by Crippen LogP contribution is -2.26. The lowest BCUT2D eigenvalue weighted by atomic mass is 9.86. The molecule has 2 heterocycles. The van der Waals surface area contributed by atoms with E-state index in [1.807, 2.05) is 0 Å². The highest BCUT2D eigenvalue weighted by atomic mass is 19.1. The molecule has 156 valence electrons. The maximum Gasteiger partial charge on any atom is 0.404 e. The van der Waals surface area contributed by atoms with E-state index in [0.29, 0.717) is 24.1 Å². The number of pyridine rings is 1. The van der Waals surface area contributed by atoms with Gasteiger partial charge in [0.1, 0.15) is 12.3 Å². The van der Waals surface area contributed by atoms with Crippen molar-refractivity contribution in [1.29, 1.82) is 0 Å². The molecule has 2 aliphatic rings. The van der Waals surface area contributed by atoms with Crippen LogP contribution < -0.4 is 15.8 Å². The average molecular weight is 407 g/mol. The van der Waals surface area contributed by atoms with Gasteiger partial charge >= 0.3 is 6.09 Å². The molecular formula is C19H23F2N5O3. The topological polar surface area (TPSA) is 115 Å². The van der Waals surface area contributed by atoms with Gasteiger partial charge in [-0.3, -0.25) is 5.10 Å². The summed E-state index contributed by atoms with van der Waals surface area (Å²) in [5, 5.41) is 9.48. The zero-order chi connectivity index (χ0) is 20.4. The Kier molecular flexibility index (Phi) is 5.50. The molecule has 4 rings (SSSR count). The summed E-state index contributed by atoms with van der Waals surface area (Å²) in [5.74, 6) is -0.0638. The summed E-state index contributed by atoms with van der Waals surface area (Å²) in [6.45, 7) is 0.623.